The Kier molecular flexibility index (Phi) is 5.57. The second-order valence-electron chi connectivity index (χ2n) is 7.30. The monoisotopic (exact) mass is 542 g/mol. The van der Waals surface area contributed by atoms with Gasteiger partial charge in [0.25, 0.3) is 20.2 Å². The van der Waals surface area contributed by atoms with Crippen molar-refractivity contribution in [1.29, 1.82) is 0 Å². The summed E-state index contributed by atoms with van der Waals surface area (Å²) in [4.78, 5) is -1.96. The highest BCUT2D eigenvalue weighted by Gasteiger charge is 2.24. The van der Waals surface area contributed by atoms with Gasteiger partial charge in [-0.05, 0) is 52.6 Å². The molecule has 0 saturated heterocycles. The van der Waals surface area contributed by atoms with Crippen molar-refractivity contribution in [2.45, 2.75) is 14.7 Å². The van der Waals surface area contributed by atoms with E-state index in [1.165, 1.54) is 6.07 Å². The van der Waals surface area contributed by atoms with Crippen molar-refractivity contribution in [2.75, 3.05) is 0 Å². The van der Waals surface area contributed by atoms with Gasteiger partial charge < -0.3 is 19.5 Å². The Morgan fingerprint density at radius 2 is 1.09 bits per heavy atom. The summed E-state index contributed by atoms with van der Waals surface area (Å²) in [5.74, 6) is -2.78. The van der Waals surface area contributed by atoms with Gasteiger partial charge in [-0.15, -0.1) is 0 Å². The van der Waals surface area contributed by atoms with Gasteiger partial charge in [0.1, 0.15) is 16.4 Å². The lowest BCUT2D eigenvalue weighted by Crippen LogP contribution is -2.10. The van der Waals surface area contributed by atoms with Gasteiger partial charge in [0.15, 0.2) is 11.5 Å². The Balaban J connectivity index is 1.84. The Hall–Kier alpha value is -3.63. The first kappa shape index (κ1) is 24.5. The number of fused-ring (bicyclic) bond motifs is 2. The van der Waals surface area contributed by atoms with Gasteiger partial charge in [-0.2, -0.15) is 25.3 Å². The second-order valence-corrected chi connectivity index (χ2v) is 11.7. The summed E-state index contributed by atoms with van der Waals surface area (Å²) in [7, 11) is -14.2. The molecule has 0 spiro atoms. The average Bonchev–Trinajstić information content (AvgIpc) is 2.71. The summed E-state index contributed by atoms with van der Waals surface area (Å²) in [6.07, 6.45) is 0. The maximum Gasteiger partial charge on any atom is 0.339 e. The molecule has 0 radical (unpaired) electrons. The predicted molar refractivity (Wildman–Crippen MR) is 120 cm³/mol. The number of rotatable bonds is 5. The smallest absolute Gasteiger partial charge is 0.339 e. The summed E-state index contributed by atoms with van der Waals surface area (Å²) in [6.45, 7) is 0. The van der Waals surface area contributed by atoms with E-state index in [2.05, 4.69) is 0 Å². The zero-order valence-electron chi connectivity index (χ0n) is 17.0. The van der Waals surface area contributed by atoms with Crippen molar-refractivity contribution in [3.05, 3.63) is 54.6 Å². The molecule has 0 unspecified atom stereocenters. The van der Waals surface area contributed by atoms with Crippen molar-refractivity contribution in [2.24, 2.45) is 0 Å². The maximum absolute atomic E-state index is 12.9. The van der Waals surface area contributed by atoms with Crippen LogP contribution in [0.25, 0.3) is 21.5 Å². The first-order chi connectivity index (χ1) is 16.1. The van der Waals surface area contributed by atoms with Crippen LogP contribution in [0, 0.1) is 0 Å². The molecular formula is C20H14O12S3. The van der Waals surface area contributed by atoms with Gasteiger partial charge in [0, 0.05) is 12.1 Å². The van der Waals surface area contributed by atoms with Crippen molar-refractivity contribution in [3.8, 4) is 23.0 Å². The van der Waals surface area contributed by atoms with E-state index in [0.29, 0.717) is 12.1 Å². The molecule has 0 saturated carbocycles. The van der Waals surface area contributed by atoms with E-state index < -0.39 is 68.0 Å². The molecule has 4 rings (SSSR count). The molecule has 0 bridgehead atoms. The first-order valence-electron chi connectivity index (χ1n) is 9.22. The predicted octanol–water partition coefficient (Wildman–Crippen LogP) is 2.37. The number of hydrogen-bond donors (Lipinski definition) is 5. The molecular weight excluding hydrogens is 528 g/mol. The van der Waals surface area contributed by atoms with Gasteiger partial charge in [-0.25, -0.2) is 0 Å². The topological polar surface area (TPSA) is 213 Å². The fourth-order valence-electron chi connectivity index (χ4n) is 3.35. The Labute approximate surface area is 197 Å². The molecule has 184 valence electrons. The van der Waals surface area contributed by atoms with Crippen molar-refractivity contribution in [3.63, 3.8) is 0 Å². The molecule has 35 heavy (non-hydrogen) atoms. The van der Waals surface area contributed by atoms with Crippen LogP contribution in [0.2, 0.25) is 0 Å². The fourth-order valence-corrected chi connectivity index (χ4v) is 5.39. The minimum absolute atomic E-state index is 0.0900. The summed E-state index contributed by atoms with van der Waals surface area (Å²) < 4.78 is 94.7. The van der Waals surface area contributed by atoms with Crippen molar-refractivity contribution < 1.29 is 53.9 Å². The van der Waals surface area contributed by atoms with E-state index in [1.54, 1.807) is 0 Å². The molecule has 0 aliphatic heterocycles. The number of aromatic hydroxyl groups is 3. The lowest BCUT2D eigenvalue weighted by Gasteiger charge is -2.12. The van der Waals surface area contributed by atoms with Gasteiger partial charge in [0.2, 0.25) is 0 Å². The van der Waals surface area contributed by atoms with Gasteiger partial charge >= 0.3 is 10.1 Å². The van der Waals surface area contributed by atoms with Crippen LogP contribution in [0.5, 0.6) is 23.0 Å². The quantitative estimate of drug-likeness (QED) is 0.182. The molecule has 4 aromatic rings. The molecule has 0 aliphatic carbocycles. The molecule has 0 aliphatic rings. The SMILES string of the molecule is O=S(=O)(O)c1ccc2cc(O)c(OS(=O)(=O)c3cc(O)c4c(O)cc(S(=O)(=O)O)cc4c3)cc2c1. The van der Waals surface area contributed by atoms with Crippen LogP contribution in [0.15, 0.2) is 69.3 Å². The molecule has 15 heteroatoms. The summed E-state index contributed by atoms with van der Waals surface area (Å²) in [5, 5.41) is 30.3. The summed E-state index contributed by atoms with van der Waals surface area (Å²) in [5.41, 5.74) is 0. The molecule has 0 aromatic heterocycles. The van der Waals surface area contributed by atoms with Crippen molar-refractivity contribution >= 4 is 51.9 Å². The summed E-state index contributed by atoms with van der Waals surface area (Å²) >= 11 is 0. The van der Waals surface area contributed by atoms with Gasteiger partial charge in [-0.1, -0.05) is 6.07 Å². The van der Waals surface area contributed by atoms with Crippen LogP contribution >= 0.6 is 0 Å². The molecule has 12 nitrogen and oxygen atoms in total. The van der Waals surface area contributed by atoms with Crippen LogP contribution in [0.1, 0.15) is 0 Å². The number of hydrogen-bond acceptors (Lipinski definition) is 10. The van der Waals surface area contributed by atoms with E-state index in [1.807, 2.05) is 0 Å². The Morgan fingerprint density at radius 1 is 0.543 bits per heavy atom. The second kappa shape index (κ2) is 7.96. The number of benzene rings is 4. The lowest BCUT2D eigenvalue weighted by atomic mass is 10.1. The zero-order chi connectivity index (χ0) is 25.9. The number of phenolic OH excluding ortho intramolecular Hbond substituents is 3. The molecule has 0 heterocycles. The third kappa shape index (κ3) is 4.67. The van der Waals surface area contributed by atoms with Crippen LogP contribution in [-0.2, 0) is 30.4 Å². The van der Waals surface area contributed by atoms with E-state index in [9.17, 15) is 49.7 Å². The van der Waals surface area contributed by atoms with E-state index >= 15 is 0 Å². The van der Waals surface area contributed by atoms with E-state index in [4.69, 9.17) is 4.18 Å². The van der Waals surface area contributed by atoms with E-state index in [0.717, 1.165) is 36.4 Å². The minimum Gasteiger partial charge on any atom is -0.507 e. The molecule has 5 N–H and O–H groups in total. The maximum atomic E-state index is 12.9. The molecule has 4 aromatic carbocycles. The van der Waals surface area contributed by atoms with Crippen LogP contribution in [0.3, 0.4) is 0 Å². The average molecular weight is 543 g/mol. The molecule has 0 fully saturated rings. The van der Waals surface area contributed by atoms with Gasteiger partial charge in [0.05, 0.1) is 15.2 Å². The fraction of sp³-hybridized carbons (Fsp3) is 0. The highest BCUT2D eigenvalue weighted by Crippen LogP contribution is 2.39. The highest BCUT2D eigenvalue weighted by molar-refractivity contribution is 7.87. The van der Waals surface area contributed by atoms with E-state index in [-0.39, 0.29) is 21.5 Å². The highest BCUT2D eigenvalue weighted by atomic mass is 32.2. The first-order valence-corrected chi connectivity index (χ1v) is 13.5. The minimum atomic E-state index is -4.80. The zero-order valence-corrected chi connectivity index (χ0v) is 19.5. The Bertz CT molecular complexity index is 1860. The van der Waals surface area contributed by atoms with Crippen LogP contribution < -0.4 is 4.18 Å². The van der Waals surface area contributed by atoms with Crippen LogP contribution in [0.4, 0.5) is 0 Å². The normalized spacial score (nSPS) is 12.7. The lowest BCUT2D eigenvalue weighted by molar-refractivity contribution is 0.428. The van der Waals surface area contributed by atoms with Crippen molar-refractivity contribution in [1.82, 2.24) is 0 Å². The van der Waals surface area contributed by atoms with Crippen LogP contribution in [-0.4, -0.2) is 49.7 Å². The molecule has 0 atom stereocenters. The third-order valence-corrected chi connectivity index (χ3v) is 7.82. The largest absolute Gasteiger partial charge is 0.507 e. The standard InChI is InChI=1S/C20H14O12S3/c21-16-6-10-1-2-13(33(24,25)26)3-11(10)7-19(16)32-35(30,31)15-5-12-4-14(34(27,28)29)8-17(22)20(12)18(23)9-15/h1-9,21-23H,(H,24,25,26)(H,27,28,29). The van der Waals surface area contributed by atoms with Gasteiger partial charge in [-0.3, -0.25) is 9.11 Å². The number of phenols is 3. The third-order valence-electron chi connectivity index (χ3n) is 4.93. The molecule has 0 amide bonds. The Morgan fingerprint density at radius 3 is 1.69 bits per heavy atom. The summed E-state index contributed by atoms with van der Waals surface area (Å²) in [6, 6.07) is 8.48.